The lowest BCUT2D eigenvalue weighted by atomic mass is 9.84. The van der Waals surface area contributed by atoms with Gasteiger partial charge in [-0.25, -0.2) is 0 Å². The summed E-state index contributed by atoms with van der Waals surface area (Å²) in [7, 11) is 0. The van der Waals surface area contributed by atoms with E-state index in [4.69, 9.17) is 21.2 Å². The Balaban J connectivity index is 1.63. The molecular weight excluding hydrogens is 512 g/mol. The molecule has 0 amide bonds. The third kappa shape index (κ3) is 3.33. The molecule has 0 radical (unpaired) electrons. The van der Waals surface area contributed by atoms with Crippen molar-refractivity contribution in [2.75, 3.05) is 0 Å². The van der Waals surface area contributed by atoms with Gasteiger partial charge in [-0.3, -0.25) is 0 Å². The van der Waals surface area contributed by atoms with E-state index in [0.717, 1.165) is 10.8 Å². The van der Waals surface area contributed by atoms with Crippen molar-refractivity contribution in [3.63, 3.8) is 0 Å². The lowest BCUT2D eigenvalue weighted by Gasteiger charge is -2.18. The quantitative estimate of drug-likeness (QED) is 0.205. The highest BCUT2D eigenvalue weighted by atomic mass is 16.3. The minimum absolute atomic E-state index is 0.0202. The molecule has 0 bridgehead atoms. The predicted molar refractivity (Wildman–Crippen MR) is 175 cm³/mol. The van der Waals surface area contributed by atoms with Crippen molar-refractivity contribution in [2.45, 2.75) is 0 Å². The topological polar surface area (TPSA) is 26.3 Å². The molecule has 0 N–H and O–H groups in total. The molecule has 7 aromatic carbocycles. The SMILES string of the molecule is [2H]c1c([2H])c([2H])c(-c2c3c([2H])c([2H])c([2H])c([2H])c3c(-c3c(-c4ccccc4)oc4cc5c(cc34)oc3ccccc35)c3c([2H])c([2H])c([2H])c([2H])c23)c([2H])c1[2H]. The van der Waals surface area contributed by atoms with Gasteiger partial charge >= 0.3 is 0 Å². The van der Waals surface area contributed by atoms with Gasteiger partial charge in [-0.05, 0) is 50.9 Å². The van der Waals surface area contributed by atoms with Gasteiger partial charge in [0.15, 0.2) is 0 Å². The van der Waals surface area contributed by atoms with Gasteiger partial charge in [-0.15, -0.1) is 0 Å². The molecule has 196 valence electrons. The summed E-state index contributed by atoms with van der Waals surface area (Å²) >= 11 is 0. The van der Waals surface area contributed by atoms with Gasteiger partial charge in [0, 0.05) is 32.8 Å². The molecule has 0 aliphatic rings. The largest absolute Gasteiger partial charge is 0.456 e. The van der Waals surface area contributed by atoms with E-state index in [9.17, 15) is 5.48 Å². The van der Waals surface area contributed by atoms with Crippen molar-refractivity contribution in [3.8, 4) is 33.6 Å². The molecule has 0 saturated heterocycles. The second kappa shape index (κ2) is 8.95. The summed E-state index contributed by atoms with van der Waals surface area (Å²) < 4.78 is 129. The first-order chi connectivity index (χ1) is 26.2. The minimum atomic E-state index is -0.731. The summed E-state index contributed by atoms with van der Waals surface area (Å²) in [5, 5.41) is 0.970. The first kappa shape index (κ1) is 13.8. The van der Waals surface area contributed by atoms with Crippen LogP contribution >= 0.6 is 0 Å². The Morgan fingerprint density at radius 3 is 1.67 bits per heavy atom. The predicted octanol–water partition coefficient (Wildman–Crippen LogP) is 11.6. The van der Waals surface area contributed by atoms with Crippen molar-refractivity contribution in [3.05, 3.63) is 145 Å². The zero-order valence-corrected chi connectivity index (χ0v) is 21.7. The van der Waals surface area contributed by atoms with Gasteiger partial charge in [-0.1, -0.05) is 127 Å². The van der Waals surface area contributed by atoms with Crippen LogP contribution < -0.4 is 0 Å². The van der Waals surface area contributed by atoms with E-state index >= 15 is 0 Å². The van der Waals surface area contributed by atoms with Crippen LogP contribution in [-0.2, 0) is 0 Å². The Bertz CT molecular complexity index is 3070. The summed E-state index contributed by atoms with van der Waals surface area (Å²) in [5.41, 5.74) is 1.36. The fraction of sp³-hybridized carbons (Fsp3) is 0. The average Bonchev–Trinajstić information content (AvgIpc) is 3.75. The van der Waals surface area contributed by atoms with Gasteiger partial charge in [0.2, 0.25) is 0 Å². The van der Waals surface area contributed by atoms with Crippen LogP contribution in [0.2, 0.25) is 0 Å². The molecule has 0 unspecified atom stereocenters. The van der Waals surface area contributed by atoms with E-state index in [1.807, 2.05) is 24.3 Å². The third-order valence-corrected chi connectivity index (χ3v) is 7.60. The van der Waals surface area contributed by atoms with Crippen LogP contribution in [0.5, 0.6) is 0 Å². The number of para-hydroxylation sites is 1. The van der Waals surface area contributed by atoms with Gasteiger partial charge in [0.25, 0.3) is 0 Å². The first-order valence-corrected chi connectivity index (χ1v) is 13.2. The van der Waals surface area contributed by atoms with Gasteiger partial charge < -0.3 is 8.83 Å². The molecule has 0 spiro atoms. The molecule has 0 atom stereocenters. The van der Waals surface area contributed by atoms with Crippen molar-refractivity contribution in [1.29, 1.82) is 0 Å². The fourth-order valence-electron chi connectivity index (χ4n) is 5.86. The zero-order valence-electron chi connectivity index (χ0n) is 34.7. The van der Waals surface area contributed by atoms with Crippen molar-refractivity contribution in [1.82, 2.24) is 0 Å². The van der Waals surface area contributed by atoms with Crippen LogP contribution in [0.1, 0.15) is 17.8 Å². The van der Waals surface area contributed by atoms with Crippen LogP contribution in [0.3, 0.4) is 0 Å². The molecule has 0 aliphatic heterocycles. The molecule has 42 heavy (non-hydrogen) atoms. The van der Waals surface area contributed by atoms with E-state index in [0.29, 0.717) is 27.7 Å². The monoisotopic (exact) mass is 549 g/mol. The lowest BCUT2D eigenvalue weighted by Crippen LogP contribution is -1.91. The normalized spacial score (nSPS) is 16.1. The first-order valence-electron chi connectivity index (χ1n) is 19.7. The van der Waals surface area contributed by atoms with E-state index in [1.165, 1.54) is 0 Å². The molecule has 9 aromatic rings. The Labute approximate surface area is 260 Å². The molecule has 2 heterocycles. The van der Waals surface area contributed by atoms with Gasteiger partial charge in [0.05, 0.1) is 17.8 Å². The van der Waals surface area contributed by atoms with Crippen LogP contribution in [0.25, 0.3) is 88.0 Å². The molecular formula is C40H24O2. The molecule has 0 fully saturated rings. The van der Waals surface area contributed by atoms with Crippen LogP contribution in [0.4, 0.5) is 0 Å². The lowest BCUT2D eigenvalue weighted by molar-refractivity contribution is 0.632. The van der Waals surface area contributed by atoms with E-state index in [2.05, 4.69) is 0 Å². The van der Waals surface area contributed by atoms with Crippen LogP contribution in [-0.4, -0.2) is 0 Å². The van der Waals surface area contributed by atoms with E-state index < -0.39 is 84.1 Å². The Hall–Kier alpha value is -5.60. The third-order valence-electron chi connectivity index (χ3n) is 7.60. The number of fused-ring (bicyclic) bond motifs is 6. The van der Waals surface area contributed by atoms with Crippen LogP contribution in [0.15, 0.2) is 154 Å². The maximum absolute atomic E-state index is 9.41. The molecule has 0 saturated carbocycles. The fourth-order valence-corrected chi connectivity index (χ4v) is 5.86. The minimum Gasteiger partial charge on any atom is -0.456 e. The molecule has 2 aromatic heterocycles. The molecule has 2 nitrogen and oxygen atoms in total. The van der Waals surface area contributed by atoms with Crippen molar-refractivity contribution < 1.29 is 26.7 Å². The molecule has 2 heteroatoms. The second-order valence-electron chi connectivity index (χ2n) is 9.86. The average molecular weight is 550 g/mol. The summed E-state index contributed by atoms with van der Waals surface area (Å²) in [6.45, 7) is 0. The highest BCUT2D eigenvalue weighted by Crippen LogP contribution is 2.50. The van der Waals surface area contributed by atoms with Gasteiger partial charge in [-0.2, -0.15) is 0 Å². The molecule has 0 aliphatic carbocycles. The van der Waals surface area contributed by atoms with Crippen LogP contribution in [0, 0.1) is 0 Å². The van der Waals surface area contributed by atoms with Crippen molar-refractivity contribution in [2.24, 2.45) is 0 Å². The number of rotatable bonds is 3. The smallest absolute Gasteiger partial charge is 0.143 e. The Kier molecular flexibility index (Phi) is 2.95. The highest BCUT2D eigenvalue weighted by molar-refractivity contribution is 6.25. The number of hydrogen-bond donors (Lipinski definition) is 0. The highest BCUT2D eigenvalue weighted by Gasteiger charge is 2.25. The van der Waals surface area contributed by atoms with E-state index in [-0.39, 0.29) is 44.0 Å². The number of benzene rings is 7. The molecule has 9 rings (SSSR count). The second-order valence-corrected chi connectivity index (χ2v) is 9.86. The standard InChI is InChI=1S/C40H24O2/c1-3-13-25(14-4-1)37-28-18-7-9-20-30(28)38(31-21-10-8-19-29(31)37)39-33-24-35-32(27-17-11-12-22-34(27)41-35)23-36(33)42-40(39)26-15-5-2-6-16-26/h1-24H/i1D,3D,4D,7D,8D,9D,10D,13D,14D,18D,19D,20D,21D. The number of hydrogen-bond acceptors (Lipinski definition) is 2. The Morgan fingerprint density at radius 1 is 0.381 bits per heavy atom. The van der Waals surface area contributed by atoms with E-state index in [1.54, 1.807) is 42.5 Å². The Morgan fingerprint density at radius 2 is 0.952 bits per heavy atom. The number of furan rings is 2. The summed E-state index contributed by atoms with van der Waals surface area (Å²) in [5.74, 6) is 0.227. The van der Waals surface area contributed by atoms with Crippen molar-refractivity contribution >= 4 is 54.5 Å². The summed E-state index contributed by atoms with van der Waals surface area (Å²) in [6, 6.07) is 11.1. The zero-order chi connectivity index (χ0) is 38.9. The maximum atomic E-state index is 9.41. The maximum Gasteiger partial charge on any atom is 0.143 e. The summed E-state index contributed by atoms with van der Waals surface area (Å²) in [4.78, 5) is 0. The van der Waals surface area contributed by atoms with Gasteiger partial charge in [0.1, 0.15) is 22.5 Å². The summed E-state index contributed by atoms with van der Waals surface area (Å²) in [6.07, 6.45) is 0.